The highest BCUT2D eigenvalue weighted by Crippen LogP contribution is 2.16. The third kappa shape index (κ3) is 4.99. The Bertz CT molecular complexity index is 701. The van der Waals surface area contributed by atoms with Gasteiger partial charge in [-0.3, -0.25) is 4.79 Å². The number of piperazine rings is 1. The summed E-state index contributed by atoms with van der Waals surface area (Å²) in [4.78, 5) is 27.6. The van der Waals surface area contributed by atoms with Gasteiger partial charge in [0.1, 0.15) is 17.7 Å². The molecule has 0 bridgehead atoms. The van der Waals surface area contributed by atoms with Crippen LogP contribution in [-0.4, -0.2) is 54.1 Å². The first-order chi connectivity index (χ1) is 12.4. The molecule has 1 fully saturated rings. The van der Waals surface area contributed by atoms with Crippen molar-refractivity contribution in [1.29, 1.82) is 5.26 Å². The van der Waals surface area contributed by atoms with E-state index in [0.717, 1.165) is 18.8 Å². The van der Waals surface area contributed by atoms with Crippen molar-refractivity contribution in [3.8, 4) is 6.07 Å². The van der Waals surface area contributed by atoms with Crippen molar-refractivity contribution < 1.29 is 14.7 Å². The van der Waals surface area contributed by atoms with Gasteiger partial charge in [-0.15, -0.1) is 0 Å². The lowest BCUT2D eigenvalue weighted by atomic mass is 10.0. The largest absolute Gasteiger partial charge is 0.480 e. The van der Waals surface area contributed by atoms with Crippen LogP contribution in [0.3, 0.4) is 0 Å². The van der Waals surface area contributed by atoms with Gasteiger partial charge in [-0.25, -0.2) is 4.79 Å². The highest BCUT2D eigenvalue weighted by Gasteiger charge is 2.25. The lowest BCUT2D eigenvalue weighted by Gasteiger charge is -2.35. The lowest BCUT2D eigenvalue weighted by Crippen LogP contribution is -2.46. The molecule has 1 aromatic carbocycles. The summed E-state index contributed by atoms with van der Waals surface area (Å²) in [5, 5.41) is 20.9. The molecule has 0 aliphatic carbocycles. The van der Waals surface area contributed by atoms with Gasteiger partial charge in [-0.05, 0) is 18.1 Å². The van der Waals surface area contributed by atoms with Crippen molar-refractivity contribution in [3.05, 3.63) is 42.1 Å². The Morgan fingerprint density at radius 3 is 2.31 bits per heavy atom. The number of nitrogens with zero attached hydrogens (tertiary/aromatic N) is 3. The van der Waals surface area contributed by atoms with Crippen LogP contribution in [0.2, 0.25) is 0 Å². The fraction of sp³-hybridized carbons (Fsp3) is 0.421. The first-order valence-electron chi connectivity index (χ1n) is 8.62. The van der Waals surface area contributed by atoms with E-state index in [4.69, 9.17) is 0 Å². The molecule has 1 aliphatic rings. The predicted octanol–water partition coefficient (Wildman–Crippen LogP) is 1.44. The monoisotopic (exact) mass is 356 g/mol. The van der Waals surface area contributed by atoms with Crippen LogP contribution in [0, 0.1) is 17.2 Å². The smallest absolute Gasteiger partial charge is 0.326 e. The second-order valence-electron chi connectivity index (χ2n) is 6.55. The number of hydrogen-bond acceptors (Lipinski definition) is 5. The Labute approximate surface area is 153 Å². The van der Waals surface area contributed by atoms with Gasteiger partial charge in [0.2, 0.25) is 0 Å². The number of para-hydroxylation sites is 1. The lowest BCUT2D eigenvalue weighted by molar-refractivity contribution is -0.142. The molecular weight excluding hydrogens is 332 g/mol. The number of carbonyl (C=O) groups is 2. The first-order valence-corrected chi connectivity index (χ1v) is 8.62. The predicted molar refractivity (Wildman–Crippen MR) is 98.3 cm³/mol. The highest BCUT2D eigenvalue weighted by molar-refractivity contribution is 5.99. The molecule has 0 spiro atoms. The molecule has 2 rings (SSSR count). The molecule has 0 radical (unpaired) electrons. The Kier molecular flexibility index (Phi) is 6.61. The van der Waals surface area contributed by atoms with Gasteiger partial charge in [0.05, 0.1) is 0 Å². The van der Waals surface area contributed by atoms with Crippen LogP contribution in [0.4, 0.5) is 5.69 Å². The van der Waals surface area contributed by atoms with Crippen molar-refractivity contribution in [3.63, 3.8) is 0 Å². The summed E-state index contributed by atoms with van der Waals surface area (Å²) in [7, 11) is 0. The standard InChI is InChI=1S/C19H24N4O3/c1-14(2)17(19(25)26)21-18(24)15(12-20)13-22-8-10-23(11-9-22)16-6-4-3-5-7-16/h3-7,13-14,17H,8-11H2,1-2H3,(H,21,24)(H,25,26)/b15-13-. The molecule has 7 heteroatoms. The van der Waals surface area contributed by atoms with Crippen LogP contribution in [-0.2, 0) is 9.59 Å². The minimum absolute atomic E-state index is 0.0786. The van der Waals surface area contributed by atoms with Crippen LogP contribution in [0.15, 0.2) is 42.1 Å². The summed E-state index contributed by atoms with van der Waals surface area (Å²) in [6.45, 7) is 6.34. The molecule has 1 aliphatic heterocycles. The summed E-state index contributed by atoms with van der Waals surface area (Å²) in [5.74, 6) is -2.04. The van der Waals surface area contributed by atoms with Gasteiger partial charge in [0.15, 0.2) is 0 Å². The Morgan fingerprint density at radius 1 is 1.19 bits per heavy atom. The van der Waals surface area contributed by atoms with Crippen LogP contribution >= 0.6 is 0 Å². The summed E-state index contributed by atoms with van der Waals surface area (Å²) in [6, 6.07) is 10.9. The van der Waals surface area contributed by atoms with Gasteiger partial charge < -0.3 is 20.2 Å². The van der Waals surface area contributed by atoms with Crippen LogP contribution in [0.5, 0.6) is 0 Å². The SMILES string of the molecule is CC(C)C(NC(=O)/C(C#N)=C\N1CCN(c2ccccc2)CC1)C(=O)O. The average Bonchev–Trinajstić information content (AvgIpc) is 2.64. The number of benzene rings is 1. The molecule has 0 saturated carbocycles. The normalized spacial score (nSPS) is 16.2. The van der Waals surface area contributed by atoms with Crippen LogP contribution < -0.4 is 10.2 Å². The van der Waals surface area contributed by atoms with E-state index in [2.05, 4.69) is 22.3 Å². The molecule has 1 saturated heterocycles. The summed E-state index contributed by atoms with van der Waals surface area (Å²) < 4.78 is 0. The molecule has 1 heterocycles. The van der Waals surface area contributed by atoms with E-state index in [-0.39, 0.29) is 11.5 Å². The number of carboxylic acids is 1. The maximum Gasteiger partial charge on any atom is 0.326 e. The molecular formula is C19H24N4O3. The summed E-state index contributed by atoms with van der Waals surface area (Å²) in [6.07, 6.45) is 1.52. The number of carbonyl (C=O) groups excluding carboxylic acids is 1. The van der Waals surface area contributed by atoms with Crippen molar-refractivity contribution >= 4 is 17.6 Å². The second kappa shape index (κ2) is 8.90. The van der Waals surface area contributed by atoms with Gasteiger partial charge in [-0.1, -0.05) is 32.0 Å². The Hall–Kier alpha value is -3.01. The average molecular weight is 356 g/mol. The summed E-state index contributed by atoms with van der Waals surface area (Å²) >= 11 is 0. The van der Waals surface area contributed by atoms with Crippen molar-refractivity contribution in [1.82, 2.24) is 10.2 Å². The van der Waals surface area contributed by atoms with Crippen molar-refractivity contribution in [2.24, 2.45) is 5.92 Å². The third-order valence-corrected chi connectivity index (χ3v) is 4.33. The van der Waals surface area contributed by atoms with E-state index in [9.17, 15) is 20.0 Å². The number of rotatable bonds is 6. The number of aliphatic carboxylic acids is 1. The number of amides is 1. The Morgan fingerprint density at radius 2 is 1.81 bits per heavy atom. The number of nitriles is 1. The van der Waals surface area contributed by atoms with Gasteiger partial charge in [0, 0.05) is 38.1 Å². The van der Waals surface area contributed by atoms with Gasteiger partial charge in [0.25, 0.3) is 5.91 Å². The van der Waals surface area contributed by atoms with Crippen molar-refractivity contribution in [2.75, 3.05) is 31.1 Å². The molecule has 138 valence electrons. The zero-order chi connectivity index (χ0) is 19.1. The molecule has 0 aromatic heterocycles. The fourth-order valence-electron chi connectivity index (χ4n) is 2.80. The number of anilines is 1. The fourth-order valence-corrected chi connectivity index (χ4v) is 2.80. The quantitative estimate of drug-likeness (QED) is 0.591. The van der Waals surface area contributed by atoms with E-state index < -0.39 is 17.9 Å². The molecule has 2 N–H and O–H groups in total. The second-order valence-corrected chi connectivity index (χ2v) is 6.55. The van der Waals surface area contributed by atoms with E-state index in [1.165, 1.54) is 6.20 Å². The van der Waals surface area contributed by atoms with E-state index >= 15 is 0 Å². The van der Waals surface area contributed by atoms with Crippen molar-refractivity contribution in [2.45, 2.75) is 19.9 Å². The minimum atomic E-state index is -1.11. The molecule has 7 nitrogen and oxygen atoms in total. The zero-order valence-electron chi connectivity index (χ0n) is 15.1. The maximum absolute atomic E-state index is 12.3. The van der Waals surface area contributed by atoms with E-state index in [1.807, 2.05) is 29.2 Å². The molecule has 1 atom stereocenters. The van der Waals surface area contributed by atoms with E-state index in [0.29, 0.717) is 13.1 Å². The Balaban J connectivity index is 1.98. The zero-order valence-corrected chi connectivity index (χ0v) is 15.1. The first kappa shape index (κ1) is 19.3. The summed E-state index contributed by atoms with van der Waals surface area (Å²) in [5.41, 5.74) is 1.07. The highest BCUT2D eigenvalue weighted by atomic mass is 16.4. The van der Waals surface area contributed by atoms with E-state index in [1.54, 1.807) is 13.8 Å². The maximum atomic E-state index is 12.3. The number of hydrogen-bond donors (Lipinski definition) is 2. The van der Waals surface area contributed by atoms with Crippen LogP contribution in [0.1, 0.15) is 13.8 Å². The number of nitrogens with one attached hydrogen (secondary N) is 1. The molecule has 1 aromatic rings. The minimum Gasteiger partial charge on any atom is -0.480 e. The van der Waals surface area contributed by atoms with Gasteiger partial charge in [-0.2, -0.15) is 5.26 Å². The topological polar surface area (TPSA) is 96.7 Å². The van der Waals surface area contributed by atoms with Crippen LogP contribution in [0.25, 0.3) is 0 Å². The third-order valence-electron chi connectivity index (χ3n) is 4.33. The van der Waals surface area contributed by atoms with Gasteiger partial charge >= 0.3 is 5.97 Å². The number of carboxylic acid groups (broad SMARTS) is 1. The molecule has 1 amide bonds. The molecule has 26 heavy (non-hydrogen) atoms. The molecule has 1 unspecified atom stereocenters.